The minimum absolute atomic E-state index is 0.0453. The zero-order valence-electron chi connectivity index (χ0n) is 19.1. The number of benzene rings is 1. The van der Waals surface area contributed by atoms with Gasteiger partial charge >= 0.3 is 12.1 Å². The normalized spacial score (nSPS) is 12.1. The van der Waals surface area contributed by atoms with E-state index in [0.717, 1.165) is 12.1 Å². The molecule has 0 spiro atoms. The summed E-state index contributed by atoms with van der Waals surface area (Å²) in [6, 6.07) is 4.23. The third-order valence-corrected chi connectivity index (χ3v) is 4.42. The van der Waals surface area contributed by atoms with E-state index >= 15 is 0 Å². The Labute approximate surface area is 206 Å². The van der Waals surface area contributed by atoms with E-state index in [2.05, 4.69) is 41.6 Å². The maximum absolute atomic E-state index is 14.5. The Hall–Kier alpha value is -3.68. The van der Waals surface area contributed by atoms with Crippen molar-refractivity contribution < 1.29 is 32.7 Å². The van der Waals surface area contributed by atoms with Crippen LogP contribution in [-0.2, 0) is 9.53 Å². The van der Waals surface area contributed by atoms with Crippen LogP contribution in [0.3, 0.4) is 0 Å². The van der Waals surface area contributed by atoms with Gasteiger partial charge in [0.05, 0.1) is 6.42 Å². The van der Waals surface area contributed by atoms with Crippen LogP contribution in [0.15, 0.2) is 34.9 Å². The lowest BCUT2D eigenvalue weighted by molar-refractivity contribution is -0.148. The zero-order valence-corrected chi connectivity index (χ0v) is 20.7. The van der Waals surface area contributed by atoms with E-state index in [9.17, 15) is 18.4 Å². The van der Waals surface area contributed by atoms with Crippen LogP contribution in [0.25, 0.3) is 11.4 Å². The lowest BCUT2D eigenvalue weighted by Gasteiger charge is -2.21. The van der Waals surface area contributed by atoms with E-state index in [1.807, 2.05) is 0 Å². The molecule has 186 valence electrons. The molecule has 0 radical (unpaired) electrons. The van der Waals surface area contributed by atoms with Gasteiger partial charge in [-0.25, -0.2) is 23.4 Å². The molecule has 0 saturated heterocycles. The Morgan fingerprint density at radius 3 is 2.60 bits per heavy atom. The Balaban J connectivity index is 1.59. The topological polar surface area (TPSA) is 130 Å². The molecule has 2 heterocycles. The molecular weight excluding hydrogens is 534 g/mol. The molecular formula is C21H21BrF2N6O5. The molecule has 0 aliphatic rings. The summed E-state index contributed by atoms with van der Waals surface area (Å²) in [4.78, 5) is 33.1. The summed E-state index contributed by atoms with van der Waals surface area (Å²) < 4.78 is 39.1. The average Bonchev–Trinajstić information content (AvgIpc) is 3.17. The number of rotatable bonds is 7. The predicted molar refractivity (Wildman–Crippen MR) is 120 cm³/mol. The molecule has 0 saturated carbocycles. The smallest absolute Gasteiger partial charge is 0.407 e. The number of aromatic nitrogens is 5. The molecule has 1 N–H and O–H groups in total. The molecule has 35 heavy (non-hydrogen) atoms. The standard InChI is InChI=1S/C21H21BrF2N6O5/c1-11(26-20(32)34-21(2,3)4)7-17(31)35-30-28-18(27-29-30)12-5-6-16(14(23)8-12)33-19-15(24)9-13(22)10-25-19/h5-6,8-11H,7H2,1-4H3,(H,26,32)/t11-/m0/s1. The molecule has 0 bridgehead atoms. The van der Waals surface area contributed by atoms with Crippen molar-refractivity contribution in [3.63, 3.8) is 0 Å². The number of tetrazole rings is 1. The van der Waals surface area contributed by atoms with Gasteiger partial charge in [0, 0.05) is 27.2 Å². The van der Waals surface area contributed by atoms with Crippen LogP contribution in [0, 0.1) is 11.6 Å². The number of alkyl carbamates (subject to hydrolysis) is 1. The third kappa shape index (κ3) is 7.67. The molecule has 3 aromatic rings. The summed E-state index contributed by atoms with van der Waals surface area (Å²) in [5.74, 6) is -3.07. The molecule has 11 nitrogen and oxygen atoms in total. The highest BCUT2D eigenvalue weighted by molar-refractivity contribution is 9.10. The van der Waals surface area contributed by atoms with Crippen LogP contribution in [0.1, 0.15) is 34.1 Å². The van der Waals surface area contributed by atoms with Crippen molar-refractivity contribution in [2.45, 2.75) is 45.8 Å². The Kier molecular flexibility index (Phi) is 7.94. The number of hydrogen-bond acceptors (Lipinski definition) is 9. The number of carbonyl (C=O) groups is 2. The summed E-state index contributed by atoms with van der Waals surface area (Å²) in [6.45, 7) is 6.73. The van der Waals surface area contributed by atoms with Crippen LogP contribution < -0.4 is 14.9 Å². The van der Waals surface area contributed by atoms with Gasteiger partial charge in [0.2, 0.25) is 5.82 Å². The highest BCUT2D eigenvalue weighted by Crippen LogP contribution is 2.28. The van der Waals surface area contributed by atoms with Gasteiger partial charge in [-0.3, -0.25) is 0 Å². The number of halogens is 3. The second-order valence-electron chi connectivity index (χ2n) is 8.27. The first-order valence-corrected chi connectivity index (χ1v) is 11.0. The van der Waals surface area contributed by atoms with Crippen LogP contribution in [0.4, 0.5) is 13.6 Å². The number of nitrogens with one attached hydrogen (secondary N) is 1. The van der Waals surface area contributed by atoms with Crippen LogP contribution in [0.5, 0.6) is 11.6 Å². The van der Waals surface area contributed by atoms with E-state index < -0.39 is 41.2 Å². The fourth-order valence-corrected chi connectivity index (χ4v) is 2.90. The third-order valence-electron chi connectivity index (χ3n) is 3.99. The fraction of sp³-hybridized carbons (Fsp3) is 0.333. The van der Waals surface area contributed by atoms with E-state index in [1.54, 1.807) is 27.7 Å². The molecule has 0 aliphatic heterocycles. The number of carbonyl (C=O) groups excluding carboxylic acids is 2. The van der Waals surface area contributed by atoms with Crippen LogP contribution >= 0.6 is 15.9 Å². The highest BCUT2D eigenvalue weighted by Gasteiger charge is 2.20. The molecule has 0 unspecified atom stereocenters. The van der Waals surface area contributed by atoms with Crippen molar-refractivity contribution in [3.05, 3.63) is 46.6 Å². The van der Waals surface area contributed by atoms with Gasteiger partial charge in [-0.15, -0.1) is 5.10 Å². The quantitative estimate of drug-likeness (QED) is 0.433. The van der Waals surface area contributed by atoms with Crippen LogP contribution in [0.2, 0.25) is 0 Å². The molecule has 1 atom stereocenters. The molecule has 2 aromatic heterocycles. The predicted octanol–water partition coefficient (Wildman–Crippen LogP) is 3.83. The number of hydrogen-bond donors (Lipinski definition) is 1. The van der Waals surface area contributed by atoms with Crippen molar-refractivity contribution in [2.75, 3.05) is 0 Å². The van der Waals surface area contributed by atoms with E-state index in [1.165, 1.54) is 18.3 Å². The Bertz CT molecular complexity index is 1230. The first-order valence-electron chi connectivity index (χ1n) is 10.2. The summed E-state index contributed by atoms with van der Waals surface area (Å²) in [7, 11) is 0. The Morgan fingerprint density at radius 2 is 1.94 bits per heavy atom. The van der Waals surface area contributed by atoms with Gasteiger partial charge in [0.25, 0.3) is 5.88 Å². The van der Waals surface area contributed by atoms with Crippen molar-refractivity contribution in [1.29, 1.82) is 0 Å². The molecule has 0 aliphatic carbocycles. The largest absolute Gasteiger partial charge is 0.444 e. The highest BCUT2D eigenvalue weighted by atomic mass is 79.9. The van der Waals surface area contributed by atoms with Gasteiger partial charge in [0.1, 0.15) is 5.60 Å². The number of nitrogens with zero attached hydrogens (tertiary/aromatic N) is 5. The number of pyridine rings is 1. The van der Waals surface area contributed by atoms with Gasteiger partial charge < -0.3 is 19.6 Å². The Morgan fingerprint density at radius 1 is 1.20 bits per heavy atom. The lowest BCUT2D eigenvalue weighted by Crippen LogP contribution is -2.39. The average molecular weight is 555 g/mol. The van der Waals surface area contributed by atoms with E-state index in [0.29, 0.717) is 9.43 Å². The lowest BCUT2D eigenvalue weighted by atomic mass is 10.2. The SMILES string of the molecule is C[C@@H](CC(=O)On1nnc(-c2ccc(Oc3ncc(Br)cc3F)c(F)c2)n1)NC(=O)OC(C)(C)C. The maximum Gasteiger partial charge on any atom is 0.407 e. The first-order chi connectivity index (χ1) is 16.4. The number of amides is 1. The molecule has 1 amide bonds. The summed E-state index contributed by atoms with van der Waals surface area (Å²) >= 11 is 3.07. The van der Waals surface area contributed by atoms with Crippen molar-refractivity contribution in [2.24, 2.45) is 0 Å². The van der Waals surface area contributed by atoms with Gasteiger partial charge in [-0.05, 0) is 73.1 Å². The van der Waals surface area contributed by atoms with Gasteiger partial charge in [-0.1, -0.05) is 5.10 Å². The van der Waals surface area contributed by atoms with Gasteiger partial charge in [0.15, 0.2) is 17.4 Å². The molecule has 14 heteroatoms. The molecule has 3 rings (SSSR count). The van der Waals surface area contributed by atoms with E-state index in [-0.39, 0.29) is 23.6 Å². The van der Waals surface area contributed by atoms with Crippen LogP contribution in [-0.4, -0.2) is 49.1 Å². The minimum Gasteiger partial charge on any atom is -0.444 e. The second-order valence-corrected chi connectivity index (χ2v) is 9.18. The number of ether oxygens (including phenoxy) is 2. The monoisotopic (exact) mass is 554 g/mol. The minimum atomic E-state index is -0.831. The van der Waals surface area contributed by atoms with Gasteiger partial charge in [-0.2, -0.15) is 0 Å². The fourth-order valence-electron chi connectivity index (χ4n) is 2.60. The zero-order chi connectivity index (χ0) is 25.8. The second kappa shape index (κ2) is 10.7. The summed E-state index contributed by atoms with van der Waals surface area (Å²) in [5.41, 5.74) is -0.484. The summed E-state index contributed by atoms with van der Waals surface area (Å²) in [5, 5.41) is 13.7. The first kappa shape index (κ1) is 25.9. The molecule has 1 aromatic carbocycles. The summed E-state index contributed by atoms with van der Waals surface area (Å²) in [6.07, 6.45) is 0.437. The maximum atomic E-state index is 14.5. The van der Waals surface area contributed by atoms with Crippen molar-refractivity contribution in [3.8, 4) is 23.0 Å². The van der Waals surface area contributed by atoms with E-state index in [4.69, 9.17) is 14.3 Å². The molecule has 0 fully saturated rings. The van der Waals surface area contributed by atoms with Crippen molar-refractivity contribution >= 4 is 28.0 Å². The van der Waals surface area contributed by atoms with Crippen molar-refractivity contribution in [1.82, 2.24) is 30.7 Å².